The number of hydrogen-bond donors (Lipinski definition) is 1. The Morgan fingerprint density at radius 2 is 1.75 bits per heavy atom. The highest BCUT2D eigenvalue weighted by Crippen LogP contribution is 2.29. The van der Waals surface area contributed by atoms with Gasteiger partial charge in [0.2, 0.25) is 5.76 Å². The molecule has 0 radical (unpaired) electrons. The zero-order chi connectivity index (χ0) is 19.9. The van der Waals surface area contributed by atoms with Gasteiger partial charge in [-0.1, -0.05) is 57.2 Å². The number of furan rings is 1. The van der Waals surface area contributed by atoms with Crippen LogP contribution >= 0.6 is 0 Å². The lowest BCUT2D eigenvalue weighted by molar-refractivity contribution is 0.0660. The van der Waals surface area contributed by atoms with Gasteiger partial charge in [0.1, 0.15) is 11.6 Å². The van der Waals surface area contributed by atoms with Crippen LogP contribution in [0.15, 0.2) is 65.1 Å². The average molecular weight is 374 g/mol. The molecule has 0 unspecified atom stereocenters. The average Bonchev–Trinajstić information content (AvgIpc) is 3.27. The van der Waals surface area contributed by atoms with Gasteiger partial charge >= 0.3 is 5.97 Å². The van der Waals surface area contributed by atoms with E-state index in [1.165, 1.54) is 11.6 Å². The van der Waals surface area contributed by atoms with Gasteiger partial charge in [-0.05, 0) is 35.2 Å². The molecule has 4 aromatic rings. The van der Waals surface area contributed by atoms with Crippen LogP contribution in [0, 0.1) is 0 Å². The van der Waals surface area contributed by atoms with E-state index in [4.69, 9.17) is 14.5 Å². The molecule has 2 heterocycles. The maximum atomic E-state index is 11.1. The summed E-state index contributed by atoms with van der Waals surface area (Å²) in [5.74, 6) is 0.276. The maximum Gasteiger partial charge on any atom is 0.371 e. The van der Waals surface area contributed by atoms with Crippen LogP contribution in [-0.4, -0.2) is 20.6 Å². The molecule has 0 atom stereocenters. The number of hydrogen-bond acceptors (Lipinski definition) is 3. The lowest BCUT2D eigenvalue weighted by Crippen LogP contribution is -2.10. The van der Waals surface area contributed by atoms with Crippen LogP contribution in [0.4, 0.5) is 0 Å². The normalized spacial score (nSPS) is 11.8. The van der Waals surface area contributed by atoms with E-state index in [9.17, 15) is 4.79 Å². The summed E-state index contributed by atoms with van der Waals surface area (Å²) >= 11 is 0. The Kier molecular flexibility index (Phi) is 4.30. The van der Waals surface area contributed by atoms with Crippen molar-refractivity contribution in [3.8, 4) is 11.4 Å². The van der Waals surface area contributed by atoms with Crippen molar-refractivity contribution in [3.05, 3.63) is 77.7 Å². The third-order valence-corrected chi connectivity index (χ3v) is 4.85. The van der Waals surface area contributed by atoms with Crippen LogP contribution in [0.25, 0.3) is 22.4 Å². The molecule has 2 aromatic heterocycles. The van der Waals surface area contributed by atoms with Crippen LogP contribution in [0.3, 0.4) is 0 Å². The van der Waals surface area contributed by atoms with Crippen LogP contribution in [-0.2, 0) is 12.0 Å². The van der Waals surface area contributed by atoms with Crippen molar-refractivity contribution in [1.82, 2.24) is 9.55 Å². The largest absolute Gasteiger partial charge is 0.475 e. The Balaban J connectivity index is 1.79. The SMILES string of the molecule is CC(C)(C)c1ccc(-c2nc3ccccc3n2Cc2ccc(C(=O)O)o2)cc1. The van der Waals surface area contributed by atoms with Crippen molar-refractivity contribution in [1.29, 1.82) is 0 Å². The van der Waals surface area contributed by atoms with Crippen molar-refractivity contribution >= 4 is 17.0 Å². The topological polar surface area (TPSA) is 68.3 Å². The molecule has 5 nitrogen and oxygen atoms in total. The lowest BCUT2D eigenvalue weighted by Gasteiger charge is -2.19. The summed E-state index contributed by atoms with van der Waals surface area (Å²) in [4.78, 5) is 15.9. The van der Waals surface area contributed by atoms with Gasteiger partial charge in [-0.15, -0.1) is 0 Å². The number of nitrogens with zero attached hydrogens (tertiary/aromatic N) is 2. The Morgan fingerprint density at radius 3 is 2.39 bits per heavy atom. The summed E-state index contributed by atoms with van der Waals surface area (Å²) in [7, 11) is 0. The predicted molar refractivity (Wildman–Crippen MR) is 109 cm³/mol. The smallest absolute Gasteiger partial charge is 0.371 e. The van der Waals surface area contributed by atoms with E-state index in [0.717, 1.165) is 22.4 Å². The highest BCUT2D eigenvalue weighted by molar-refractivity contribution is 5.84. The summed E-state index contributed by atoms with van der Waals surface area (Å²) < 4.78 is 7.54. The van der Waals surface area contributed by atoms with Crippen molar-refractivity contribution in [2.45, 2.75) is 32.7 Å². The molecule has 0 saturated heterocycles. The van der Waals surface area contributed by atoms with Crippen LogP contribution in [0.2, 0.25) is 0 Å². The summed E-state index contributed by atoms with van der Waals surface area (Å²) in [5, 5.41) is 9.11. The van der Waals surface area contributed by atoms with E-state index in [2.05, 4.69) is 49.6 Å². The molecular formula is C23H22N2O3. The molecule has 0 spiro atoms. The molecule has 0 aliphatic rings. The minimum Gasteiger partial charge on any atom is -0.475 e. The molecular weight excluding hydrogens is 352 g/mol. The van der Waals surface area contributed by atoms with Crippen molar-refractivity contribution in [3.63, 3.8) is 0 Å². The second-order valence-corrected chi connectivity index (χ2v) is 7.91. The number of carboxylic acids is 1. The zero-order valence-corrected chi connectivity index (χ0v) is 16.1. The van der Waals surface area contributed by atoms with Crippen LogP contribution in [0.5, 0.6) is 0 Å². The van der Waals surface area contributed by atoms with E-state index in [1.807, 2.05) is 24.3 Å². The van der Waals surface area contributed by atoms with E-state index in [-0.39, 0.29) is 11.2 Å². The monoisotopic (exact) mass is 374 g/mol. The molecule has 0 amide bonds. The number of imidazole rings is 1. The summed E-state index contributed by atoms with van der Waals surface area (Å²) in [6.07, 6.45) is 0. The predicted octanol–water partition coefficient (Wildman–Crippen LogP) is 5.34. The molecule has 5 heteroatoms. The van der Waals surface area contributed by atoms with E-state index >= 15 is 0 Å². The molecule has 28 heavy (non-hydrogen) atoms. The molecule has 2 aromatic carbocycles. The van der Waals surface area contributed by atoms with Gasteiger partial charge < -0.3 is 14.1 Å². The number of fused-ring (bicyclic) bond motifs is 1. The molecule has 1 N–H and O–H groups in total. The van der Waals surface area contributed by atoms with Crippen molar-refractivity contribution in [2.24, 2.45) is 0 Å². The fourth-order valence-corrected chi connectivity index (χ4v) is 3.31. The van der Waals surface area contributed by atoms with Crippen LogP contribution < -0.4 is 0 Å². The Morgan fingerprint density at radius 1 is 1.04 bits per heavy atom. The van der Waals surface area contributed by atoms with Gasteiger partial charge in [-0.2, -0.15) is 0 Å². The molecule has 0 aliphatic heterocycles. The number of aromatic carboxylic acids is 1. The molecule has 0 fully saturated rings. The minimum absolute atomic E-state index is 0.0597. The zero-order valence-electron chi connectivity index (χ0n) is 16.1. The summed E-state index contributed by atoms with van der Waals surface area (Å²) in [5.41, 5.74) is 4.22. The first-order valence-electron chi connectivity index (χ1n) is 9.21. The fourth-order valence-electron chi connectivity index (χ4n) is 3.31. The second-order valence-electron chi connectivity index (χ2n) is 7.91. The number of carbonyl (C=O) groups is 1. The fraction of sp³-hybridized carbons (Fsp3) is 0.217. The lowest BCUT2D eigenvalue weighted by atomic mass is 9.87. The van der Waals surface area contributed by atoms with Crippen molar-refractivity contribution < 1.29 is 14.3 Å². The van der Waals surface area contributed by atoms with E-state index in [1.54, 1.807) is 6.07 Å². The highest BCUT2D eigenvalue weighted by atomic mass is 16.4. The Hall–Kier alpha value is -3.34. The van der Waals surface area contributed by atoms with Gasteiger partial charge in [-0.3, -0.25) is 0 Å². The third-order valence-electron chi connectivity index (χ3n) is 4.85. The first-order chi connectivity index (χ1) is 13.3. The second kappa shape index (κ2) is 6.68. The summed E-state index contributed by atoms with van der Waals surface area (Å²) in [6, 6.07) is 19.5. The molecule has 0 saturated carbocycles. The van der Waals surface area contributed by atoms with E-state index < -0.39 is 5.97 Å². The van der Waals surface area contributed by atoms with E-state index in [0.29, 0.717) is 12.3 Å². The standard InChI is InChI=1S/C23H22N2O3/c1-23(2,3)16-10-8-15(9-11-16)21-24-18-6-4-5-7-19(18)25(21)14-17-12-13-20(28-17)22(26)27/h4-13H,14H2,1-3H3,(H,26,27). The highest BCUT2D eigenvalue weighted by Gasteiger charge is 2.17. The number of aromatic nitrogens is 2. The number of para-hydroxylation sites is 2. The molecule has 0 aliphatic carbocycles. The number of rotatable bonds is 4. The number of benzene rings is 2. The van der Waals surface area contributed by atoms with Gasteiger partial charge in [0.05, 0.1) is 17.6 Å². The van der Waals surface area contributed by atoms with Gasteiger partial charge in [0, 0.05) is 5.56 Å². The quantitative estimate of drug-likeness (QED) is 0.523. The maximum absolute atomic E-state index is 11.1. The molecule has 142 valence electrons. The first kappa shape index (κ1) is 18.0. The third kappa shape index (κ3) is 3.31. The minimum atomic E-state index is -1.07. The summed E-state index contributed by atoms with van der Waals surface area (Å²) in [6.45, 7) is 6.97. The number of carboxylic acid groups (broad SMARTS) is 1. The Labute approximate surface area is 163 Å². The van der Waals surface area contributed by atoms with Gasteiger partial charge in [-0.25, -0.2) is 9.78 Å². The van der Waals surface area contributed by atoms with Gasteiger partial charge in [0.15, 0.2) is 0 Å². The first-order valence-corrected chi connectivity index (χ1v) is 9.21. The molecule has 4 rings (SSSR count). The Bertz CT molecular complexity index is 1140. The van der Waals surface area contributed by atoms with Crippen molar-refractivity contribution in [2.75, 3.05) is 0 Å². The van der Waals surface area contributed by atoms with Crippen LogP contribution in [0.1, 0.15) is 42.6 Å². The van der Waals surface area contributed by atoms with Gasteiger partial charge in [0.25, 0.3) is 0 Å². The molecule has 0 bridgehead atoms.